The summed E-state index contributed by atoms with van der Waals surface area (Å²) in [4.78, 5) is 31.2. The Labute approximate surface area is 160 Å². The molecule has 2 atom stereocenters. The van der Waals surface area contributed by atoms with Crippen molar-refractivity contribution in [2.24, 2.45) is 5.92 Å². The van der Waals surface area contributed by atoms with Crippen LogP contribution in [0.25, 0.3) is 0 Å². The normalized spacial score (nSPS) is 17.8. The number of aromatic nitrogens is 1. The van der Waals surface area contributed by atoms with Crippen LogP contribution < -0.4 is 10.2 Å². The lowest BCUT2D eigenvalue weighted by Crippen LogP contribution is -2.33. The van der Waals surface area contributed by atoms with E-state index in [2.05, 4.69) is 30.2 Å². The van der Waals surface area contributed by atoms with Gasteiger partial charge >= 0.3 is 0 Å². The number of carbonyl (C=O) groups excluding carboxylic acids is 2. The fourth-order valence-electron chi connectivity index (χ4n) is 3.42. The summed E-state index contributed by atoms with van der Waals surface area (Å²) < 4.78 is 0. The molecule has 3 rings (SSSR count). The summed E-state index contributed by atoms with van der Waals surface area (Å²) in [6.45, 7) is 7.10. The standard InChI is InChI=1S/C22H27N3O2/c1-4-15(2)19-7-5-6-8-20(19)25-14-18(11-21(25)26)22(27)24-13-17-10-9-16(3)23-12-17/h5-10,12,15,18H,4,11,13-14H2,1-3H3,(H,24,27). The summed E-state index contributed by atoms with van der Waals surface area (Å²) in [5.41, 5.74) is 4.01. The second-order valence-corrected chi connectivity index (χ2v) is 7.30. The number of hydrogen-bond donors (Lipinski definition) is 1. The maximum Gasteiger partial charge on any atom is 0.227 e. The van der Waals surface area contributed by atoms with E-state index in [0.717, 1.165) is 23.4 Å². The van der Waals surface area contributed by atoms with Crippen LogP contribution in [0.4, 0.5) is 5.69 Å². The number of benzene rings is 1. The van der Waals surface area contributed by atoms with Crippen molar-refractivity contribution in [3.63, 3.8) is 0 Å². The first kappa shape index (κ1) is 19.1. The molecule has 5 heteroatoms. The third-order valence-electron chi connectivity index (χ3n) is 5.31. The molecule has 0 radical (unpaired) electrons. The molecule has 0 aliphatic carbocycles. The zero-order valence-corrected chi connectivity index (χ0v) is 16.2. The first-order valence-electron chi connectivity index (χ1n) is 9.58. The fourth-order valence-corrected chi connectivity index (χ4v) is 3.42. The van der Waals surface area contributed by atoms with Gasteiger partial charge in [-0.1, -0.05) is 38.1 Å². The Kier molecular flexibility index (Phi) is 5.89. The molecule has 0 spiro atoms. The SMILES string of the molecule is CCC(C)c1ccccc1N1CC(C(=O)NCc2ccc(C)nc2)CC1=O. The third kappa shape index (κ3) is 4.35. The van der Waals surface area contributed by atoms with Crippen LogP contribution in [0.3, 0.4) is 0 Å². The van der Waals surface area contributed by atoms with Crippen molar-refractivity contribution in [3.8, 4) is 0 Å². The Balaban J connectivity index is 1.67. The molecule has 2 heterocycles. The molecule has 1 aliphatic heterocycles. The van der Waals surface area contributed by atoms with Gasteiger partial charge in [0.05, 0.1) is 5.92 Å². The minimum Gasteiger partial charge on any atom is -0.352 e. The number of aryl methyl sites for hydroxylation is 1. The zero-order chi connectivity index (χ0) is 19.4. The molecule has 142 valence electrons. The summed E-state index contributed by atoms with van der Waals surface area (Å²) in [6, 6.07) is 11.9. The number of carbonyl (C=O) groups is 2. The van der Waals surface area contributed by atoms with E-state index >= 15 is 0 Å². The van der Waals surface area contributed by atoms with Crippen LogP contribution in [-0.4, -0.2) is 23.3 Å². The highest BCUT2D eigenvalue weighted by Crippen LogP contribution is 2.33. The number of amides is 2. The van der Waals surface area contributed by atoms with E-state index in [9.17, 15) is 9.59 Å². The number of nitrogens with zero attached hydrogens (tertiary/aromatic N) is 2. The molecular weight excluding hydrogens is 338 g/mol. The van der Waals surface area contributed by atoms with Crippen LogP contribution in [0, 0.1) is 12.8 Å². The zero-order valence-electron chi connectivity index (χ0n) is 16.2. The summed E-state index contributed by atoms with van der Waals surface area (Å²) in [6.07, 6.45) is 3.03. The van der Waals surface area contributed by atoms with E-state index in [1.54, 1.807) is 11.1 Å². The second kappa shape index (κ2) is 8.33. The first-order valence-corrected chi connectivity index (χ1v) is 9.58. The van der Waals surface area contributed by atoms with Gasteiger partial charge in [-0.25, -0.2) is 0 Å². The molecule has 1 aromatic carbocycles. The van der Waals surface area contributed by atoms with E-state index in [1.807, 2.05) is 37.3 Å². The number of pyridine rings is 1. The summed E-state index contributed by atoms with van der Waals surface area (Å²) in [7, 11) is 0. The van der Waals surface area contributed by atoms with E-state index in [4.69, 9.17) is 0 Å². The molecule has 1 saturated heterocycles. The molecular formula is C22H27N3O2. The number of para-hydroxylation sites is 1. The topological polar surface area (TPSA) is 62.3 Å². The largest absolute Gasteiger partial charge is 0.352 e. The Morgan fingerprint density at radius 2 is 2.07 bits per heavy atom. The Bertz CT molecular complexity index is 817. The lowest BCUT2D eigenvalue weighted by Gasteiger charge is -2.23. The van der Waals surface area contributed by atoms with E-state index in [1.165, 1.54) is 5.56 Å². The van der Waals surface area contributed by atoms with Gasteiger partial charge in [-0.3, -0.25) is 14.6 Å². The average Bonchev–Trinajstić information content (AvgIpc) is 3.08. The van der Waals surface area contributed by atoms with Gasteiger partial charge in [0.1, 0.15) is 0 Å². The summed E-state index contributed by atoms with van der Waals surface area (Å²) >= 11 is 0. The first-order chi connectivity index (χ1) is 13.0. The van der Waals surface area contributed by atoms with E-state index < -0.39 is 0 Å². The van der Waals surface area contributed by atoms with Crippen LogP contribution in [0.5, 0.6) is 0 Å². The molecule has 0 bridgehead atoms. The van der Waals surface area contributed by atoms with Crippen molar-refractivity contribution in [1.82, 2.24) is 10.3 Å². The van der Waals surface area contributed by atoms with E-state index in [0.29, 0.717) is 19.0 Å². The lowest BCUT2D eigenvalue weighted by atomic mass is 9.96. The number of nitrogens with one attached hydrogen (secondary N) is 1. The highest BCUT2D eigenvalue weighted by Gasteiger charge is 2.36. The van der Waals surface area contributed by atoms with Gasteiger partial charge in [0.25, 0.3) is 0 Å². The average molecular weight is 365 g/mol. The van der Waals surface area contributed by atoms with Crippen molar-refractivity contribution < 1.29 is 9.59 Å². The maximum atomic E-state index is 12.6. The second-order valence-electron chi connectivity index (χ2n) is 7.30. The Morgan fingerprint density at radius 1 is 1.30 bits per heavy atom. The molecule has 5 nitrogen and oxygen atoms in total. The molecule has 0 saturated carbocycles. The smallest absolute Gasteiger partial charge is 0.227 e. The molecule has 1 fully saturated rings. The van der Waals surface area contributed by atoms with Gasteiger partial charge in [-0.05, 0) is 42.5 Å². The summed E-state index contributed by atoms with van der Waals surface area (Å²) in [5.74, 6) is -0.00726. The Morgan fingerprint density at radius 3 is 2.78 bits per heavy atom. The quantitative estimate of drug-likeness (QED) is 0.851. The van der Waals surface area contributed by atoms with Crippen LogP contribution in [0.1, 0.15) is 49.4 Å². The molecule has 1 aromatic heterocycles. The highest BCUT2D eigenvalue weighted by molar-refractivity contribution is 6.00. The van der Waals surface area contributed by atoms with Crippen LogP contribution in [0.2, 0.25) is 0 Å². The van der Waals surface area contributed by atoms with Gasteiger partial charge < -0.3 is 10.2 Å². The predicted octanol–water partition coefficient (Wildman–Crippen LogP) is 3.57. The van der Waals surface area contributed by atoms with Crippen molar-refractivity contribution >= 4 is 17.5 Å². The highest BCUT2D eigenvalue weighted by atomic mass is 16.2. The van der Waals surface area contributed by atoms with Crippen molar-refractivity contribution in [3.05, 3.63) is 59.4 Å². The third-order valence-corrected chi connectivity index (χ3v) is 5.31. The lowest BCUT2D eigenvalue weighted by molar-refractivity contribution is -0.126. The number of hydrogen-bond acceptors (Lipinski definition) is 3. The van der Waals surface area contributed by atoms with Crippen LogP contribution >= 0.6 is 0 Å². The van der Waals surface area contributed by atoms with Gasteiger partial charge in [0, 0.05) is 37.1 Å². The fraction of sp³-hybridized carbons (Fsp3) is 0.409. The van der Waals surface area contributed by atoms with Crippen molar-refractivity contribution in [2.75, 3.05) is 11.4 Å². The molecule has 2 unspecified atom stereocenters. The van der Waals surface area contributed by atoms with Gasteiger partial charge in [0.15, 0.2) is 0 Å². The maximum absolute atomic E-state index is 12.6. The van der Waals surface area contributed by atoms with Crippen LogP contribution in [0.15, 0.2) is 42.6 Å². The summed E-state index contributed by atoms with van der Waals surface area (Å²) in [5, 5.41) is 2.94. The molecule has 27 heavy (non-hydrogen) atoms. The molecule has 2 aromatic rings. The van der Waals surface area contributed by atoms with Crippen LogP contribution in [-0.2, 0) is 16.1 Å². The molecule has 1 aliphatic rings. The number of rotatable bonds is 6. The monoisotopic (exact) mass is 365 g/mol. The minimum absolute atomic E-state index is 0.0166. The van der Waals surface area contributed by atoms with Gasteiger partial charge in [0.2, 0.25) is 11.8 Å². The molecule has 2 amide bonds. The van der Waals surface area contributed by atoms with Crippen molar-refractivity contribution in [2.45, 2.75) is 46.1 Å². The van der Waals surface area contributed by atoms with Gasteiger partial charge in [-0.2, -0.15) is 0 Å². The molecule has 1 N–H and O–H groups in total. The van der Waals surface area contributed by atoms with Gasteiger partial charge in [-0.15, -0.1) is 0 Å². The number of anilines is 1. The minimum atomic E-state index is -0.319. The van der Waals surface area contributed by atoms with Crippen molar-refractivity contribution in [1.29, 1.82) is 0 Å². The van der Waals surface area contributed by atoms with E-state index in [-0.39, 0.29) is 24.2 Å². The Hall–Kier alpha value is -2.69. The predicted molar refractivity (Wildman–Crippen MR) is 106 cm³/mol.